The van der Waals surface area contributed by atoms with Crippen LogP contribution in [0.1, 0.15) is 72.9 Å². The van der Waals surface area contributed by atoms with Crippen molar-refractivity contribution in [2.75, 3.05) is 11.9 Å². The van der Waals surface area contributed by atoms with Gasteiger partial charge in [-0.25, -0.2) is 4.98 Å². The van der Waals surface area contributed by atoms with Gasteiger partial charge in [-0.15, -0.1) is 0 Å². The Morgan fingerprint density at radius 1 is 1.16 bits per heavy atom. The summed E-state index contributed by atoms with van der Waals surface area (Å²) in [6.07, 6.45) is 5.09. The second kappa shape index (κ2) is 9.82. The summed E-state index contributed by atoms with van der Waals surface area (Å²) in [4.78, 5) is 15.8. The van der Waals surface area contributed by atoms with Gasteiger partial charge in [0, 0.05) is 12.6 Å². The summed E-state index contributed by atoms with van der Waals surface area (Å²) in [7, 11) is 0. The van der Waals surface area contributed by atoms with Gasteiger partial charge in [0.1, 0.15) is 11.6 Å². The summed E-state index contributed by atoms with van der Waals surface area (Å²) in [5.74, 6) is 0.772. The maximum absolute atomic E-state index is 11.2. The Bertz CT molecular complexity index is 1290. The Hall–Kier alpha value is -3.38. The molecule has 0 bridgehead atoms. The Morgan fingerprint density at radius 3 is 2.54 bits per heavy atom. The molecule has 1 heterocycles. The van der Waals surface area contributed by atoms with Crippen molar-refractivity contribution in [1.82, 2.24) is 4.98 Å². The highest BCUT2D eigenvalue weighted by Gasteiger charge is 2.44. The number of anilines is 1. The minimum atomic E-state index is -0.739. The van der Waals surface area contributed by atoms with Crippen molar-refractivity contribution in [3.63, 3.8) is 0 Å². The number of carboxylic acid groups (broad SMARTS) is 1. The molecule has 3 N–H and O–H groups in total. The molecule has 1 saturated carbocycles. The van der Waals surface area contributed by atoms with E-state index in [4.69, 9.17) is 4.74 Å². The number of nitrogens with zero attached hydrogens (tertiary/aromatic N) is 1. The van der Waals surface area contributed by atoms with Gasteiger partial charge >= 0.3 is 5.97 Å². The molecule has 37 heavy (non-hydrogen) atoms. The van der Waals surface area contributed by atoms with Gasteiger partial charge in [-0.05, 0) is 110 Å². The van der Waals surface area contributed by atoms with E-state index in [2.05, 4.69) is 54.5 Å². The number of hydrogen-bond acceptors (Lipinski definition) is 5. The van der Waals surface area contributed by atoms with Crippen LogP contribution in [-0.4, -0.2) is 33.4 Å². The van der Waals surface area contributed by atoms with Crippen molar-refractivity contribution >= 4 is 11.8 Å². The molecule has 6 nitrogen and oxygen atoms in total. The number of benzene rings is 2. The number of hydrogen-bond donors (Lipinski definition) is 3. The van der Waals surface area contributed by atoms with Crippen molar-refractivity contribution in [3.8, 4) is 16.9 Å². The average molecular weight is 501 g/mol. The van der Waals surface area contributed by atoms with E-state index in [9.17, 15) is 15.0 Å². The summed E-state index contributed by atoms with van der Waals surface area (Å²) >= 11 is 0. The predicted octanol–water partition coefficient (Wildman–Crippen LogP) is 6.19. The molecule has 0 saturated heterocycles. The van der Waals surface area contributed by atoms with E-state index in [1.807, 2.05) is 18.3 Å². The molecule has 2 aromatic carbocycles. The lowest BCUT2D eigenvalue weighted by molar-refractivity contribution is -0.138. The van der Waals surface area contributed by atoms with E-state index in [1.165, 1.54) is 33.4 Å². The van der Waals surface area contributed by atoms with Gasteiger partial charge < -0.3 is 20.3 Å². The van der Waals surface area contributed by atoms with Crippen LogP contribution in [0.5, 0.6) is 5.75 Å². The molecule has 1 aromatic heterocycles. The number of nitrogens with one attached hydrogen (secondary N) is 1. The van der Waals surface area contributed by atoms with Gasteiger partial charge in [-0.3, -0.25) is 4.79 Å². The monoisotopic (exact) mass is 500 g/mol. The van der Waals surface area contributed by atoms with E-state index in [-0.39, 0.29) is 17.9 Å². The Morgan fingerprint density at radius 2 is 1.92 bits per heavy atom. The number of fused-ring (bicyclic) bond motifs is 1. The van der Waals surface area contributed by atoms with Crippen LogP contribution in [0.25, 0.3) is 11.1 Å². The van der Waals surface area contributed by atoms with Crippen LogP contribution < -0.4 is 10.1 Å². The lowest BCUT2D eigenvalue weighted by Gasteiger charge is -2.20. The maximum atomic E-state index is 11.2. The minimum Gasteiger partial charge on any atom is -0.493 e. The highest BCUT2D eigenvalue weighted by molar-refractivity contribution is 5.77. The molecule has 3 aromatic rings. The second-order valence-corrected chi connectivity index (χ2v) is 11.2. The summed E-state index contributed by atoms with van der Waals surface area (Å²) in [6, 6.07) is 14.9. The first-order valence-electron chi connectivity index (χ1n) is 13.1. The van der Waals surface area contributed by atoms with Gasteiger partial charge in [-0.1, -0.05) is 24.3 Å². The standard InChI is InChI=1S/C31H36N2O4/c1-18-14-21(37-13-12-31(3,4)36)15-19(2)29(18)24-7-5-6-23-22(24)9-10-27(23)33-28-11-8-20(17-32-28)25-16-26(25)30(34)35/h5-8,11,14-15,17,25-27,36H,9-10,12-13,16H2,1-4H3,(H,32,33)(H,34,35)/t25?,26-,27-/m1/s1. The SMILES string of the molecule is Cc1cc(OCCC(C)(C)O)cc(C)c1-c1cccc2c1CC[C@H]2Nc1ccc(C2C[C@H]2C(=O)O)cn1. The fourth-order valence-electron chi connectivity index (χ4n) is 5.61. The number of carbonyl (C=O) groups is 1. The van der Waals surface area contributed by atoms with E-state index in [0.717, 1.165) is 30.0 Å². The summed E-state index contributed by atoms with van der Waals surface area (Å²) < 4.78 is 5.95. The van der Waals surface area contributed by atoms with Gasteiger partial charge in [0.2, 0.25) is 0 Å². The first-order valence-corrected chi connectivity index (χ1v) is 13.1. The molecule has 0 amide bonds. The van der Waals surface area contributed by atoms with Crippen molar-refractivity contribution < 1.29 is 19.7 Å². The highest BCUT2D eigenvalue weighted by atomic mass is 16.5. The van der Waals surface area contributed by atoms with Crippen LogP contribution in [0.4, 0.5) is 5.82 Å². The number of aliphatic carboxylic acids is 1. The Balaban J connectivity index is 1.32. The third-order valence-electron chi connectivity index (χ3n) is 7.67. The lowest BCUT2D eigenvalue weighted by Crippen LogP contribution is -2.21. The van der Waals surface area contributed by atoms with Gasteiger partial charge in [0.05, 0.1) is 24.2 Å². The third kappa shape index (κ3) is 5.49. The van der Waals surface area contributed by atoms with Gasteiger partial charge in [0.15, 0.2) is 0 Å². The number of aliphatic hydroxyl groups is 1. The second-order valence-electron chi connectivity index (χ2n) is 11.2. The zero-order valence-corrected chi connectivity index (χ0v) is 22.0. The van der Waals surface area contributed by atoms with E-state index >= 15 is 0 Å². The Kier molecular flexibility index (Phi) is 6.71. The van der Waals surface area contributed by atoms with Gasteiger partial charge in [0.25, 0.3) is 0 Å². The summed E-state index contributed by atoms with van der Waals surface area (Å²) in [5, 5.41) is 22.7. The molecule has 0 aliphatic heterocycles. The molecular weight excluding hydrogens is 464 g/mol. The minimum absolute atomic E-state index is 0.0959. The number of aryl methyl sites for hydroxylation is 2. The van der Waals surface area contributed by atoms with Crippen LogP contribution in [0.15, 0.2) is 48.7 Å². The number of ether oxygens (including phenoxy) is 1. The molecule has 1 fully saturated rings. The zero-order chi connectivity index (χ0) is 26.3. The van der Waals surface area contributed by atoms with Crippen molar-refractivity contribution in [1.29, 1.82) is 0 Å². The van der Waals surface area contributed by atoms with E-state index in [0.29, 0.717) is 19.4 Å². The zero-order valence-electron chi connectivity index (χ0n) is 22.0. The predicted molar refractivity (Wildman–Crippen MR) is 145 cm³/mol. The molecule has 3 atom stereocenters. The smallest absolute Gasteiger partial charge is 0.307 e. The number of rotatable bonds is 9. The topological polar surface area (TPSA) is 91.7 Å². The first kappa shape index (κ1) is 25.3. The number of carboxylic acids is 1. The van der Waals surface area contributed by atoms with Crippen molar-refractivity contribution in [2.24, 2.45) is 5.92 Å². The molecule has 0 radical (unpaired) electrons. The van der Waals surface area contributed by atoms with Crippen LogP contribution in [0.2, 0.25) is 0 Å². The van der Waals surface area contributed by atoms with Crippen LogP contribution in [0.3, 0.4) is 0 Å². The maximum Gasteiger partial charge on any atom is 0.307 e. The summed E-state index contributed by atoms with van der Waals surface area (Å²) in [5.41, 5.74) is 7.84. The summed E-state index contributed by atoms with van der Waals surface area (Å²) in [6.45, 7) is 8.34. The van der Waals surface area contributed by atoms with Crippen LogP contribution in [-0.2, 0) is 11.2 Å². The lowest BCUT2D eigenvalue weighted by atomic mass is 9.90. The average Bonchev–Trinajstić information content (AvgIpc) is 3.53. The molecule has 2 aliphatic carbocycles. The Labute approximate surface area is 218 Å². The van der Waals surface area contributed by atoms with Crippen LogP contribution in [0, 0.1) is 19.8 Å². The van der Waals surface area contributed by atoms with E-state index < -0.39 is 11.6 Å². The molecule has 6 heteroatoms. The molecule has 2 aliphatic rings. The fourth-order valence-corrected chi connectivity index (χ4v) is 5.61. The molecule has 194 valence electrons. The molecule has 0 spiro atoms. The van der Waals surface area contributed by atoms with Crippen LogP contribution >= 0.6 is 0 Å². The van der Waals surface area contributed by atoms with Gasteiger partial charge in [-0.2, -0.15) is 0 Å². The molecular formula is C31H36N2O4. The van der Waals surface area contributed by atoms with Crippen molar-refractivity contribution in [2.45, 2.75) is 70.9 Å². The normalized spacial score (nSPS) is 20.4. The number of pyridine rings is 1. The number of aromatic nitrogens is 1. The quantitative estimate of drug-likeness (QED) is 0.324. The highest BCUT2D eigenvalue weighted by Crippen LogP contribution is 2.47. The molecule has 1 unspecified atom stereocenters. The third-order valence-corrected chi connectivity index (χ3v) is 7.67. The molecule has 5 rings (SSSR count). The largest absolute Gasteiger partial charge is 0.493 e. The van der Waals surface area contributed by atoms with Crippen molar-refractivity contribution in [3.05, 3.63) is 76.5 Å². The first-order chi connectivity index (χ1) is 17.6. The fraction of sp³-hybridized carbons (Fsp3) is 0.419. The van der Waals surface area contributed by atoms with E-state index in [1.54, 1.807) is 13.8 Å².